The van der Waals surface area contributed by atoms with Crippen molar-refractivity contribution in [3.05, 3.63) is 27.7 Å². The van der Waals surface area contributed by atoms with Crippen LogP contribution in [0.5, 0.6) is 0 Å². The molecule has 1 amide bonds. The largest absolute Gasteiger partial charge is 0.326 e. The molecule has 0 radical (unpaired) electrons. The minimum atomic E-state index is 0.162. The number of piperidine rings is 1. The van der Waals surface area contributed by atoms with Crippen LogP contribution in [-0.2, 0) is 4.79 Å². The number of hydrogen-bond donors (Lipinski definition) is 2. The smallest absolute Gasteiger partial charge is 0.224 e. The third kappa shape index (κ3) is 3.49. The fourth-order valence-corrected chi connectivity index (χ4v) is 4.59. The third-order valence-electron chi connectivity index (χ3n) is 4.81. The van der Waals surface area contributed by atoms with Gasteiger partial charge in [-0.2, -0.15) is 0 Å². The fourth-order valence-electron chi connectivity index (χ4n) is 3.90. The number of amides is 1. The third-order valence-corrected chi connectivity index (χ3v) is 5.26. The van der Waals surface area contributed by atoms with Crippen molar-refractivity contribution in [2.75, 3.05) is 5.32 Å². The number of hydrogen-bond acceptors (Lipinski definition) is 2. The van der Waals surface area contributed by atoms with Gasteiger partial charge in [0.1, 0.15) is 0 Å². The number of fused-ring (bicyclic) bond motifs is 2. The van der Waals surface area contributed by atoms with Crippen LogP contribution in [-0.4, -0.2) is 18.0 Å². The van der Waals surface area contributed by atoms with E-state index in [9.17, 15) is 4.79 Å². The zero-order valence-electron chi connectivity index (χ0n) is 12.7. The molecule has 0 aliphatic carbocycles. The molecule has 0 spiro atoms. The van der Waals surface area contributed by atoms with E-state index in [1.54, 1.807) is 0 Å². The van der Waals surface area contributed by atoms with Crippen molar-refractivity contribution in [2.24, 2.45) is 5.92 Å². The van der Waals surface area contributed by atoms with E-state index < -0.39 is 0 Å². The molecule has 2 heterocycles. The maximum Gasteiger partial charge on any atom is 0.224 e. The second-order valence-electron chi connectivity index (χ2n) is 6.64. The molecule has 4 heteroatoms. The van der Waals surface area contributed by atoms with Crippen LogP contribution in [0.4, 0.5) is 5.69 Å². The Bertz CT molecular complexity index is 523. The van der Waals surface area contributed by atoms with E-state index in [0.29, 0.717) is 24.4 Å². The summed E-state index contributed by atoms with van der Waals surface area (Å²) in [7, 11) is 0. The Labute approximate surface area is 135 Å². The molecule has 2 bridgehead atoms. The molecular weight excluding hydrogens is 328 g/mol. The number of carbonyl (C=O) groups excluding carboxylic acids is 1. The predicted molar refractivity (Wildman–Crippen MR) is 89.5 cm³/mol. The van der Waals surface area contributed by atoms with Crippen molar-refractivity contribution >= 4 is 27.5 Å². The van der Waals surface area contributed by atoms with E-state index >= 15 is 0 Å². The zero-order chi connectivity index (χ0) is 15.0. The molecule has 1 aromatic carbocycles. The Kier molecular flexibility index (Phi) is 4.36. The van der Waals surface area contributed by atoms with E-state index in [0.717, 1.165) is 34.1 Å². The number of nitrogens with one attached hydrogen (secondary N) is 2. The molecule has 3 nitrogen and oxygen atoms in total. The summed E-state index contributed by atoms with van der Waals surface area (Å²) in [6.45, 7) is 4.08. The first-order chi connectivity index (χ1) is 10.0. The molecule has 114 valence electrons. The lowest BCUT2D eigenvalue weighted by Crippen LogP contribution is -2.39. The first-order valence-corrected chi connectivity index (χ1v) is 8.63. The molecule has 21 heavy (non-hydrogen) atoms. The zero-order valence-corrected chi connectivity index (χ0v) is 14.3. The summed E-state index contributed by atoms with van der Waals surface area (Å²) in [5.41, 5.74) is 3.20. The second-order valence-corrected chi connectivity index (χ2v) is 7.56. The summed E-state index contributed by atoms with van der Waals surface area (Å²) in [6.07, 6.45) is 5.54. The van der Waals surface area contributed by atoms with E-state index in [-0.39, 0.29) is 5.91 Å². The fraction of sp³-hybridized carbons (Fsp3) is 0.588. The van der Waals surface area contributed by atoms with Gasteiger partial charge in [0.25, 0.3) is 0 Å². The van der Waals surface area contributed by atoms with Gasteiger partial charge in [0.05, 0.1) is 0 Å². The summed E-state index contributed by atoms with van der Waals surface area (Å²) in [5.74, 6) is 0.703. The van der Waals surface area contributed by atoms with Crippen LogP contribution in [0, 0.1) is 19.8 Å². The van der Waals surface area contributed by atoms with Gasteiger partial charge >= 0.3 is 0 Å². The van der Waals surface area contributed by atoms with Crippen LogP contribution in [0.3, 0.4) is 0 Å². The number of rotatable bonds is 3. The average molecular weight is 351 g/mol. The van der Waals surface area contributed by atoms with Crippen molar-refractivity contribution in [1.82, 2.24) is 5.32 Å². The van der Waals surface area contributed by atoms with Crippen molar-refractivity contribution in [3.63, 3.8) is 0 Å². The van der Waals surface area contributed by atoms with Gasteiger partial charge < -0.3 is 10.6 Å². The molecule has 2 aliphatic rings. The molecule has 2 fully saturated rings. The number of benzene rings is 1. The van der Waals surface area contributed by atoms with Gasteiger partial charge in [0, 0.05) is 28.7 Å². The van der Waals surface area contributed by atoms with Crippen LogP contribution in [0.15, 0.2) is 16.6 Å². The van der Waals surface area contributed by atoms with Crippen LogP contribution < -0.4 is 10.6 Å². The summed E-state index contributed by atoms with van der Waals surface area (Å²) >= 11 is 3.49. The molecule has 2 saturated heterocycles. The minimum absolute atomic E-state index is 0.162. The van der Waals surface area contributed by atoms with Gasteiger partial charge in [-0.05, 0) is 68.7 Å². The minimum Gasteiger partial charge on any atom is -0.326 e. The van der Waals surface area contributed by atoms with E-state index in [2.05, 4.69) is 26.6 Å². The number of halogens is 1. The molecule has 3 rings (SSSR count). The molecule has 0 saturated carbocycles. The first kappa shape index (κ1) is 15.0. The van der Waals surface area contributed by atoms with E-state index in [4.69, 9.17) is 0 Å². The maximum atomic E-state index is 12.4. The summed E-state index contributed by atoms with van der Waals surface area (Å²) < 4.78 is 1.06. The van der Waals surface area contributed by atoms with Crippen molar-refractivity contribution in [2.45, 2.75) is 58.0 Å². The maximum absolute atomic E-state index is 12.4. The van der Waals surface area contributed by atoms with Crippen LogP contribution in [0.25, 0.3) is 0 Å². The van der Waals surface area contributed by atoms with Gasteiger partial charge in [-0.25, -0.2) is 0 Å². The van der Waals surface area contributed by atoms with Crippen LogP contribution in [0.1, 0.15) is 43.2 Å². The van der Waals surface area contributed by atoms with E-state index in [1.165, 1.54) is 12.8 Å². The summed E-state index contributed by atoms with van der Waals surface area (Å²) in [6, 6.07) is 5.40. The van der Waals surface area contributed by atoms with Gasteiger partial charge in [-0.15, -0.1) is 0 Å². The highest BCUT2D eigenvalue weighted by Gasteiger charge is 2.34. The Morgan fingerprint density at radius 1 is 1.24 bits per heavy atom. The molecule has 2 atom stereocenters. The Morgan fingerprint density at radius 3 is 2.38 bits per heavy atom. The first-order valence-electron chi connectivity index (χ1n) is 7.84. The molecule has 2 aliphatic heterocycles. The highest BCUT2D eigenvalue weighted by atomic mass is 79.9. The number of anilines is 1. The molecular formula is C17H23BrN2O. The summed E-state index contributed by atoms with van der Waals surface area (Å²) in [5, 5.41) is 6.75. The van der Waals surface area contributed by atoms with Crippen molar-refractivity contribution < 1.29 is 4.79 Å². The lowest BCUT2D eigenvalue weighted by molar-refractivity contribution is -0.117. The molecule has 0 aromatic heterocycles. The monoisotopic (exact) mass is 350 g/mol. The Hall–Kier alpha value is -0.870. The predicted octanol–water partition coefficient (Wildman–Crippen LogP) is 3.93. The SMILES string of the molecule is Cc1cc(Br)cc(C)c1NC(=O)CC1CC2CCC(C1)N2. The van der Waals surface area contributed by atoms with Crippen LogP contribution in [0.2, 0.25) is 0 Å². The number of aryl methyl sites for hydroxylation is 2. The standard InChI is InChI=1S/C17H23BrN2O/c1-10-5-13(18)6-11(2)17(10)20-16(21)9-12-7-14-3-4-15(8-12)19-14/h5-6,12,14-15,19H,3-4,7-9H2,1-2H3,(H,20,21). The van der Waals surface area contributed by atoms with Gasteiger partial charge in [-0.1, -0.05) is 15.9 Å². The van der Waals surface area contributed by atoms with E-state index in [1.807, 2.05) is 26.0 Å². The van der Waals surface area contributed by atoms with Gasteiger partial charge in [0.2, 0.25) is 5.91 Å². The van der Waals surface area contributed by atoms with Crippen LogP contribution >= 0.6 is 15.9 Å². The topological polar surface area (TPSA) is 41.1 Å². The lowest BCUT2D eigenvalue weighted by Gasteiger charge is -2.28. The normalized spacial score (nSPS) is 27.7. The highest BCUT2D eigenvalue weighted by molar-refractivity contribution is 9.10. The van der Waals surface area contributed by atoms with Gasteiger partial charge in [0.15, 0.2) is 0 Å². The quantitative estimate of drug-likeness (QED) is 0.867. The summed E-state index contributed by atoms with van der Waals surface area (Å²) in [4.78, 5) is 12.4. The average Bonchev–Trinajstić information content (AvgIpc) is 2.73. The highest BCUT2D eigenvalue weighted by Crippen LogP contribution is 2.33. The molecule has 1 aromatic rings. The second kappa shape index (κ2) is 6.09. The van der Waals surface area contributed by atoms with Crippen molar-refractivity contribution in [3.8, 4) is 0 Å². The molecule has 2 N–H and O–H groups in total. The molecule has 2 unspecified atom stereocenters. The van der Waals surface area contributed by atoms with Crippen molar-refractivity contribution in [1.29, 1.82) is 0 Å². The van der Waals surface area contributed by atoms with Gasteiger partial charge in [-0.3, -0.25) is 4.79 Å². The Morgan fingerprint density at radius 2 is 1.81 bits per heavy atom. The number of carbonyl (C=O) groups is 1. The lowest BCUT2D eigenvalue weighted by atomic mass is 9.89. The Balaban J connectivity index is 1.62.